The molecule has 0 unspecified atom stereocenters. The van der Waals surface area contributed by atoms with Crippen LogP contribution in [0.3, 0.4) is 0 Å². The first-order valence-corrected chi connectivity index (χ1v) is 5.03. The Morgan fingerprint density at radius 1 is 1.41 bits per heavy atom. The predicted octanol–water partition coefficient (Wildman–Crippen LogP) is 1.39. The molecule has 0 fully saturated rings. The summed E-state index contributed by atoms with van der Waals surface area (Å²) in [5, 5.41) is 0. The van der Waals surface area contributed by atoms with E-state index in [0.29, 0.717) is 0 Å². The zero-order chi connectivity index (χ0) is 13.2. The first-order chi connectivity index (χ1) is 7.76. The second-order valence-electron chi connectivity index (χ2n) is 4.54. The standard InChI is InChI=1S/C12H12BFO3/c1-12(2,3)17-11(16)7-4-5-9(14)8(6-15)10(7)13/h4-6H,1-3H3. The summed E-state index contributed by atoms with van der Waals surface area (Å²) in [7, 11) is 5.54. The zero-order valence-electron chi connectivity index (χ0n) is 9.91. The maximum absolute atomic E-state index is 13.2. The number of aldehydes is 1. The third-order valence-corrected chi connectivity index (χ3v) is 1.97. The van der Waals surface area contributed by atoms with Gasteiger partial charge in [0.1, 0.15) is 19.3 Å². The average Bonchev–Trinajstić information content (AvgIpc) is 2.15. The molecule has 0 spiro atoms. The molecule has 0 N–H and O–H groups in total. The Hall–Kier alpha value is -1.65. The molecule has 0 saturated heterocycles. The molecule has 17 heavy (non-hydrogen) atoms. The van der Waals surface area contributed by atoms with Crippen LogP contribution < -0.4 is 5.46 Å². The number of halogens is 1. The Kier molecular flexibility index (Phi) is 3.71. The normalized spacial score (nSPS) is 11.1. The first-order valence-electron chi connectivity index (χ1n) is 5.03. The molecule has 2 radical (unpaired) electrons. The topological polar surface area (TPSA) is 43.4 Å². The van der Waals surface area contributed by atoms with Gasteiger partial charge in [-0.05, 0) is 32.9 Å². The molecule has 1 aromatic carbocycles. The van der Waals surface area contributed by atoms with Gasteiger partial charge in [0.25, 0.3) is 0 Å². The second kappa shape index (κ2) is 4.69. The van der Waals surface area contributed by atoms with Gasteiger partial charge in [0.2, 0.25) is 0 Å². The molecular formula is C12H12BFO3. The molecule has 1 aromatic rings. The van der Waals surface area contributed by atoms with Crippen LogP contribution in [0.4, 0.5) is 4.39 Å². The maximum atomic E-state index is 13.2. The number of hydrogen-bond acceptors (Lipinski definition) is 3. The number of rotatable bonds is 2. The van der Waals surface area contributed by atoms with Gasteiger partial charge in [-0.25, -0.2) is 9.18 Å². The minimum absolute atomic E-state index is 0.0107. The monoisotopic (exact) mass is 234 g/mol. The van der Waals surface area contributed by atoms with E-state index < -0.39 is 17.4 Å². The minimum atomic E-state index is -0.759. The fraction of sp³-hybridized carbons (Fsp3) is 0.333. The van der Waals surface area contributed by atoms with Crippen molar-refractivity contribution in [1.82, 2.24) is 0 Å². The van der Waals surface area contributed by atoms with Gasteiger partial charge in [0.15, 0.2) is 6.29 Å². The summed E-state index contributed by atoms with van der Waals surface area (Å²) < 4.78 is 18.3. The summed E-state index contributed by atoms with van der Waals surface area (Å²) in [5.74, 6) is -1.44. The number of ether oxygens (including phenoxy) is 1. The van der Waals surface area contributed by atoms with Gasteiger partial charge in [-0.3, -0.25) is 4.79 Å². The highest BCUT2D eigenvalue weighted by Crippen LogP contribution is 2.12. The zero-order valence-corrected chi connectivity index (χ0v) is 9.91. The Balaban J connectivity index is 3.16. The van der Waals surface area contributed by atoms with Gasteiger partial charge in [-0.15, -0.1) is 0 Å². The molecule has 5 heteroatoms. The summed E-state index contributed by atoms with van der Waals surface area (Å²) in [4.78, 5) is 22.4. The van der Waals surface area contributed by atoms with Gasteiger partial charge in [-0.2, -0.15) is 0 Å². The third-order valence-electron chi connectivity index (χ3n) is 1.97. The molecule has 0 aliphatic rings. The van der Waals surface area contributed by atoms with Crippen molar-refractivity contribution in [2.24, 2.45) is 0 Å². The lowest BCUT2D eigenvalue weighted by atomic mass is 9.86. The average molecular weight is 234 g/mol. The van der Waals surface area contributed by atoms with Crippen molar-refractivity contribution in [3.05, 3.63) is 29.1 Å². The fourth-order valence-corrected chi connectivity index (χ4v) is 1.24. The van der Waals surface area contributed by atoms with Gasteiger partial charge in [-0.1, -0.05) is 5.46 Å². The van der Waals surface area contributed by atoms with Crippen LogP contribution in [0.25, 0.3) is 0 Å². The van der Waals surface area contributed by atoms with Crippen LogP contribution >= 0.6 is 0 Å². The summed E-state index contributed by atoms with van der Waals surface area (Å²) in [6.07, 6.45) is 0.276. The molecular weight excluding hydrogens is 222 g/mol. The molecule has 0 atom stereocenters. The highest BCUT2D eigenvalue weighted by molar-refractivity contribution is 6.39. The molecule has 88 valence electrons. The van der Waals surface area contributed by atoms with Crippen LogP contribution in [0.5, 0.6) is 0 Å². The van der Waals surface area contributed by atoms with Crippen molar-refractivity contribution in [3.63, 3.8) is 0 Å². The largest absolute Gasteiger partial charge is 0.456 e. The van der Waals surface area contributed by atoms with E-state index in [1.54, 1.807) is 20.8 Å². The summed E-state index contributed by atoms with van der Waals surface area (Å²) in [6.45, 7) is 5.10. The molecule has 3 nitrogen and oxygen atoms in total. The lowest BCUT2D eigenvalue weighted by molar-refractivity contribution is 0.00711. The summed E-state index contributed by atoms with van der Waals surface area (Å²) >= 11 is 0. The highest BCUT2D eigenvalue weighted by atomic mass is 19.1. The molecule has 0 amide bonds. The highest BCUT2D eigenvalue weighted by Gasteiger charge is 2.21. The van der Waals surface area contributed by atoms with Crippen LogP contribution in [-0.4, -0.2) is 25.7 Å². The lowest BCUT2D eigenvalue weighted by Crippen LogP contribution is -2.29. The quantitative estimate of drug-likeness (QED) is 0.441. The van der Waals surface area contributed by atoms with E-state index in [0.717, 1.165) is 6.07 Å². The number of carbonyl (C=O) groups excluding carboxylic acids is 2. The van der Waals surface area contributed by atoms with Crippen LogP contribution in [0.1, 0.15) is 41.5 Å². The SMILES string of the molecule is [B]c1c(C(=O)OC(C)(C)C)ccc(F)c1C=O. The lowest BCUT2D eigenvalue weighted by Gasteiger charge is -2.20. The van der Waals surface area contributed by atoms with E-state index in [4.69, 9.17) is 12.6 Å². The van der Waals surface area contributed by atoms with Crippen molar-refractivity contribution in [2.45, 2.75) is 26.4 Å². The predicted molar refractivity (Wildman–Crippen MR) is 62.3 cm³/mol. The number of benzene rings is 1. The van der Waals surface area contributed by atoms with E-state index >= 15 is 0 Å². The van der Waals surface area contributed by atoms with Crippen molar-refractivity contribution in [2.75, 3.05) is 0 Å². The van der Waals surface area contributed by atoms with E-state index in [1.807, 2.05) is 0 Å². The molecule has 0 heterocycles. The number of hydrogen-bond donors (Lipinski definition) is 0. The van der Waals surface area contributed by atoms with Crippen molar-refractivity contribution < 1.29 is 18.7 Å². The first kappa shape index (κ1) is 13.4. The maximum Gasteiger partial charge on any atom is 0.338 e. The molecule has 0 aliphatic heterocycles. The van der Waals surface area contributed by atoms with E-state index in [-0.39, 0.29) is 22.9 Å². The summed E-state index contributed by atoms with van der Waals surface area (Å²) in [6, 6.07) is 2.21. The molecule has 0 bridgehead atoms. The van der Waals surface area contributed by atoms with Crippen LogP contribution in [0.2, 0.25) is 0 Å². The van der Waals surface area contributed by atoms with Crippen molar-refractivity contribution in [3.8, 4) is 0 Å². The Labute approximate surface area is 100 Å². The Morgan fingerprint density at radius 3 is 2.47 bits per heavy atom. The molecule has 0 saturated carbocycles. The van der Waals surface area contributed by atoms with E-state index in [2.05, 4.69) is 0 Å². The minimum Gasteiger partial charge on any atom is -0.456 e. The van der Waals surface area contributed by atoms with Gasteiger partial charge in [0, 0.05) is 5.56 Å². The van der Waals surface area contributed by atoms with Gasteiger partial charge < -0.3 is 4.74 Å². The molecule has 0 aromatic heterocycles. The molecule has 1 rings (SSSR count). The Morgan fingerprint density at radius 2 is 2.00 bits per heavy atom. The fourth-order valence-electron chi connectivity index (χ4n) is 1.24. The van der Waals surface area contributed by atoms with Gasteiger partial charge >= 0.3 is 5.97 Å². The third kappa shape index (κ3) is 3.15. The van der Waals surface area contributed by atoms with Crippen LogP contribution in [0, 0.1) is 5.82 Å². The summed E-state index contributed by atoms with van der Waals surface area (Å²) in [5.41, 5.74) is -1.22. The van der Waals surface area contributed by atoms with E-state index in [1.165, 1.54) is 6.07 Å². The van der Waals surface area contributed by atoms with E-state index in [9.17, 15) is 14.0 Å². The molecule has 0 aliphatic carbocycles. The van der Waals surface area contributed by atoms with Crippen molar-refractivity contribution in [1.29, 1.82) is 0 Å². The Bertz CT molecular complexity index is 464. The van der Waals surface area contributed by atoms with Crippen LogP contribution in [-0.2, 0) is 4.74 Å². The number of esters is 1. The van der Waals surface area contributed by atoms with Crippen LogP contribution in [0.15, 0.2) is 12.1 Å². The smallest absolute Gasteiger partial charge is 0.338 e. The van der Waals surface area contributed by atoms with Gasteiger partial charge in [0.05, 0.1) is 5.56 Å². The number of carbonyl (C=O) groups is 2. The van der Waals surface area contributed by atoms with Crippen molar-refractivity contribution >= 4 is 25.6 Å². The second-order valence-corrected chi connectivity index (χ2v) is 4.54.